The fraction of sp³-hybridized carbons (Fsp3) is 0.571. The molecule has 1 rings (SSSR count). The maximum atomic E-state index is 9.60. The van der Waals surface area contributed by atoms with E-state index < -0.39 is 5.60 Å². The van der Waals surface area contributed by atoms with E-state index in [1.165, 1.54) is 10.5 Å². The van der Waals surface area contributed by atoms with Crippen LogP contribution in [0.15, 0.2) is 29.2 Å². The van der Waals surface area contributed by atoms with Gasteiger partial charge in [-0.25, -0.2) is 0 Å². The fourth-order valence-corrected chi connectivity index (χ4v) is 2.53. The van der Waals surface area contributed by atoms with E-state index in [4.69, 9.17) is 0 Å². The van der Waals surface area contributed by atoms with Gasteiger partial charge in [-0.2, -0.15) is 0 Å². The van der Waals surface area contributed by atoms with Crippen molar-refractivity contribution in [2.24, 2.45) is 0 Å². The van der Waals surface area contributed by atoms with Gasteiger partial charge in [-0.3, -0.25) is 0 Å². The van der Waals surface area contributed by atoms with Crippen molar-refractivity contribution >= 4 is 11.8 Å². The predicted octanol–water partition coefficient (Wildman–Crippen LogP) is 4.06. The van der Waals surface area contributed by atoms with Crippen LogP contribution in [0.5, 0.6) is 0 Å². The Morgan fingerprint density at radius 3 is 2.19 bits per heavy atom. The van der Waals surface area contributed by atoms with Crippen molar-refractivity contribution in [2.45, 2.75) is 50.5 Å². The molecule has 1 aromatic rings. The van der Waals surface area contributed by atoms with E-state index in [1.807, 2.05) is 25.6 Å². The molecule has 0 unspecified atom stereocenters. The van der Waals surface area contributed by atoms with Crippen molar-refractivity contribution in [1.82, 2.24) is 0 Å². The largest absolute Gasteiger partial charge is 0.390 e. The van der Waals surface area contributed by atoms with Gasteiger partial charge in [-0.15, -0.1) is 11.8 Å². The first-order chi connectivity index (χ1) is 7.38. The Hall–Kier alpha value is -0.470. The van der Waals surface area contributed by atoms with E-state index in [1.54, 1.807) is 0 Å². The van der Waals surface area contributed by atoms with Crippen molar-refractivity contribution in [1.29, 1.82) is 0 Å². The molecule has 0 atom stereocenters. The molecule has 0 saturated heterocycles. The van der Waals surface area contributed by atoms with Gasteiger partial charge in [-0.1, -0.05) is 26.0 Å². The average molecular weight is 238 g/mol. The Morgan fingerprint density at radius 2 is 1.75 bits per heavy atom. The normalized spacial score (nSPS) is 12.1. The molecule has 0 radical (unpaired) electrons. The third-order valence-electron chi connectivity index (χ3n) is 2.53. The van der Waals surface area contributed by atoms with E-state index in [0.717, 1.165) is 12.2 Å². The first-order valence-electron chi connectivity index (χ1n) is 5.83. The Labute approximate surface area is 103 Å². The molecule has 0 aromatic heterocycles. The summed E-state index contributed by atoms with van der Waals surface area (Å²) in [5, 5.41) is 9.60. The van der Waals surface area contributed by atoms with Gasteiger partial charge >= 0.3 is 0 Å². The molecule has 0 amide bonds. The maximum Gasteiger partial charge on any atom is 0.0599 e. The zero-order chi connectivity index (χ0) is 12.2. The average Bonchev–Trinajstić information content (AvgIpc) is 2.16. The topological polar surface area (TPSA) is 20.2 Å². The molecule has 0 aliphatic heterocycles. The summed E-state index contributed by atoms with van der Waals surface area (Å²) in [6, 6.07) is 8.73. The van der Waals surface area contributed by atoms with Gasteiger partial charge in [0.25, 0.3) is 0 Å². The van der Waals surface area contributed by atoms with Crippen LogP contribution in [0, 0.1) is 0 Å². The minimum Gasteiger partial charge on any atom is -0.390 e. The van der Waals surface area contributed by atoms with E-state index in [9.17, 15) is 5.11 Å². The molecule has 0 bridgehead atoms. The van der Waals surface area contributed by atoms with E-state index in [2.05, 4.69) is 38.1 Å². The lowest BCUT2D eigenvalue weighted by molar-refractivity contribution is 0.0778. The summed E-state index contributed by atoms with van der Waals surface area (Å²) < 4.78 is 0. The molecule has 0 aliphatic rings. The van der Waals surface area contributed by atoms with Crippen LogP contribution in [0.4, 0.5) is 0 Å². The van der Waals surface area contributed by atoms with Gasteiger partial charge in [0.05, 0.1) is 5.60 Å². The Morgan fingerprint density at radius 1 is 1.19 bits per heavy atom. The molecule has 0 heterocycles. The zero-order valence-electron chi connectivity index (χ0n) is 10.7. The molecule has 2 heteroatoms. The number of aliphatic hydroxyl groups is 1. The Kier molecular flexibility index (Phi) is 4.88. The van der Waals surface area contributed by atoms with Crippen LogP contribution < -0.4 is 0 Å². The highest BCUT2D eigenvalue weighted by Crippen LogP contribution is 2.24. The molecular weight excluding hydrogens is 216 g/mol. The smallest absolute Gasteiger partial charge is 0.0599 e. The van der Waals surface area contributed by atoms with Crippen molar-refractivity contribution in [3.05, 3.63) is 29.8 Å². The third kappa shape index (κ3) is 5.04. The molecule has 0 fully saturated rings. The van der Waals surface area contributed by atoms with Crippen LogP contribution >= 0.6 is 11.8 Å². The summed E-state index contributed by atoms with van der Waals surface area (Å²) in [5.74, 6) is 1.56. The summed E-state index contributed by atoms with van der Waals surface area (Å²) in [5.41, 5.74) is 0.831. The lowest BCUT2D eigenvalue weighted by atomic mass is 10.0. The van der Waals surface area contributed by atoms with Crippen molar-refractivity contribution in [2.75, 3.05) is 5.75 Å². The van der Waals surface area contributed by atoms with Crippen molar-refractivity contribution in [3.63, 3.8) is 0 Å². The first kappa shape index (κ1) is 13.6. The predicted molar refractivity (Wildman–Crippen MR) is 72.2 cm³/mol. The summed E-state index contributed by atoms with van der Waals surface area (Å²) >= 11 is 1.81. The van der Waals surface area contributed by atoms with E-state index in [-0.39, 0.29) is 0 Å². The minimum absolute atomic E-state index is 0.551. The first-order valence-corrected chi connectivity index (χ1v) is 6.82. The standard InChI is InChI=1S/C14H22OS/c1-11(2)12-5-7-13(8-6-12)16-10-9-14(3,4)15/h5-8,11,15H,9-10H2,1-4H3. The summed E-state index contributed by atoms with van der Waals surface area (Å²) in [4.78, 5) is 1.29. The monoisotopic (exact) mass is 238 g/mol. The molecule has 1 nitrogen and oxygen atoms in total. The lowest BCUT2D eigenvalue weighted by Crippen LogP contribution is -2.18. The van der Waals surface area contributed by atoms with Gasteiger partial charge in [0, 0.05) is 10.6 Å². The maximum absolute atomic E-state index is 9.60. The van der Waals surface area contributed by atoms with Gasteiger partial charge in [0.2, 0.25) is 0 Å². The molecular formula is C14H22OS. The second-order valence-corrected chi connectivity index (χ2v) is 6.30. The lowest BCUT2D eigenvalue weighted by Gasteiger charge is -2.16. The van der Waals surface area contributed by atoms with E-state index >= 15 is 0 Å². The quantitative estimate of drug-likeness (QED) is 0.781. The molecule has 0 aliphatic carbocycles. The van der Waals surface area contributed by atoms with Crippen LogP contribution in [0.25, 0.3) is 0 Å². The van der Waals surface area contributed by atoms with Crippen LogP contribution in [0.3, 0.4) is 0 Å². The molecule has 0 saturated carbocycles. The van der Waals surface area contributed by atoms with Crippen LogP contribution in [-0.2, 0) is 0 Å². The van der Waals surface area contributed by atoms with Crippen LogP contribution in [0.2, 0.25) is 0 Å². The summed E-state index contributed by atoms with van der Waals surface area (Å²) in [6.45, 7) is 8.12. The van der Waals surface area contributed by atoms with Gasteiger partial charge in [-0.05, 0) is 43.9 Å². The van der Waals surface area contributed by atoms with Crippen molar-refractivity contribution < 1.29 is 5.11 Å². The van der Waals surface area contributed by atoms with E-state index in [0.29, 0.717) is 5.92 Å². The SMILES string of the molecule is CC(C)c1ccc(SCCC(C)(C)O)cc1. The summed E-state index contributed by atoms with van der Waals surface area (Å²) in [6.07, 6.45) is 0.823. The molecule has 0 spiro atoms. The number of benzene rings is 1. The zero-order valence-corrected chi connectivity index (χ0v) is 11.5. The number of hydrogen-bond acceptors (Lipinski definition) is 2. The number of thioether (sulfide) groups is 1. The van der Waals surface area contributed by atoms with Gasteiger partial charge in [0.15, 0.2) is 0 Å². The molecule has 90 valence electrons. The minimum atomic E-state index is -0.551. The van der Waals surface area contributed by atoms with Gasteiger partial charge in [0.1, 0.15) is 0 Å². The summed E-state index contributed by atoms with van der Waals surface area (Å²) in [7, 11) is 0. The Bertz CT molecular complexity index is 309. The Balaban J connectivity index is 2.44. The highest BCUT2D eigenvalue weighted by atomic mass is 32.2. The molecule has 1 aromatic carbocycles. The second-order valence-electron chi connectivity index (χ2n) is 5.13. The van der Waals surface area contributed by atoms with Gasteiger partial charge < -0.3 is 5.11 Å². The third-order valence-corrected chi connectivity index (χ3v) is 3.54. The fourth-order valence-electron chi connectivity index (χ4n) is 1.37. The molecule has 1 N–H and O–H groups in total. The van der Waals surface area contributed by atoms with Crippen molar-refractivity contribution in [3.8, 4) is 0 Å². The van der Waals surface area contributed by atoms with Crippen LogP contribution in [-0.4, -0.2) is 16.5 Å². The second kappa shape index (κ2) is 5.74. The molecule has 16 heavy (non-hydrogen) atoms. The van der Waals surface area contributed by atoms with Crippen LogP contribution in [0.1, 0.15) is 45.6 Å². The highest BCUT2D eigenvalue weighted by molar-refractivity contribution is 7.99. The highest BCUT2D eigenvalue weighted by Gasteiger charge is 2.11. The number of rotatable bonds is 5. The number of hydrogen-bond donors (Lipinski definition) is 1.